The van der Waals surface area contributed by atoms with Crippen LogP contribution in [0.15, 0.2) is 171 Å². The fourth-order valence-electron chi connectivity index (χ4n) is 13.3. The van der Waals surface area contributed by atoms with Crippen molar-refractivity contribution in [2.24, 2.45) is 14.1 Å². The maximum atomic E-state index is 13.9. The van der Waals surface area contributed by atoms with E-state index in [1.165, 1.54) is 32.1 Å². The number of piperazine rings is 3. The number of furan rings is 1. The van der Waals surface area contributed by atoms with Crippen LogP contribution >= 0.6 is 23.2 Å². The van der Waals surface area contributed by atoms with Crippen LogP contribution in [0, 0.1) is 12.7 Å². The lowest BCUT2D eigenvalue weighted by Gasteiger charge is -2.37. The van der Waals surface area contributed by atoms with Gasteiger partial charge in [0.2, 0.25) is 0 Å². The van der Waals surface area contributed by atoms with Gasteiger partial charge in [-0.3, -0.25) is 28.8 Å². The summed E-state index contributed by atoms with van der Waals surface area (Å²) >= 11 is 12.0. The van der Waals surface area contributed by atoms with Gasteiger partial charge in [-0.1, -0.05) is 83.4 Å². The minimum atomic E-state index is -0.696. The summed E-state index contributed by atoms with van der Waals surface area (Å²) in [5, 5.41) is 3.04. The molecule has 0 saturated carbocycles. The van der Waals surface area contributed by atoms with Crippen LogP contribution in [0.3, 0.4) is 0 Å². The average molecular weight is 1460 g/mol. The smallest absolute Gasteiger partial charge is 0.345 e. The molecule has 3 saturated heterocycles. The third-order valence-corrected chi connectivity index (χ3v) is 19.3. The number of hydrogen-bond acceptors (Lipinski definition) is 17. The fourth-order valence-corrected chi connectivity index (χ4v) is 13.6. The van der Waals surface area contributed by atoms with Gasteiger partial charge in [-0.2, -0.15) is 0 Å². The molecule has 0 N–H and O–H groups in total. The predicted molar refractivity (Wildman–Crippen MR) is 397 cm³/mol. The predicted octanol–water partition coefficient (Wildman–Crippen LogP) is 10.9. The third kappa shape index (κ3) is 15.6. The summed E-state index contributed by atoms with van der Waals surface area (Å²) in [5.74, 6) is -1.77. The molecular formula is C78H78Cl2FN9O14. The Balaban J connectivity index is 0.000000157. The van der Waals surface area contributed by atoms with Crippen molar-refractivity contribution in [3.05, 3.63) is 243 Å². The van der Waals surface area contributed by atoms with Crippen LogP contribution in [-0.4, -0.2) is 169 Å². The number of rotatable bonds is 15. The first-order valence-corrected chi connectivity index (χ1v) is 34.8. The molecule has 7 heterocycles. The first kappa shape index (κ1) is 74.0. The zero-order valence-electron chi connectivity index (χ0n) is 58.6. The molecule has 3 aliphatic rings. The van der Waals surface area contributed by atoms with Crippen molar-refractivity contribution in [3.8, 4) is 5.75 Å². The second-order valence-electron chi connectivity index (χ2n) is 24.8. The Bertz CT molecular complexity index is 5080. The summed E-state index contributed by atoms with van der Waals surface area (Å²) in [6.07, 6.45) is 1.46. The lowest BCUT2D eigenvalue weighted by atomic mass is 10.0. The van der Waals surface area contributed by atoms with E-state index in [1.807, 2.05) is 88.4 Å². The second-order valence-corrected chi connectivity index (χ2v) is 25.6. The van der Waals surface area contributed by atoms with Crippen molar-refractivity contribution in [2.45, 2.75) is 34.2 Å². The lowest BCUT2D eigenvalue weighted by molar-refractivity contribution is 0.0514. The summed E-state index contributed by atoms with van der Waals surface area (Å²) in [4.78, 5) is 129. The fraction of sp³-hybridized carbons (Fsp3) is 0.295. The summed E-state index contributed by atoms with van der Waals surface area (Å²) in [7, 11) is 4.88. The second kappa shape index (κ2) is 32.8. The highest BCUT2D eigenvalue weighted by atomic mass is 35.5. The van der Waals surface area contributed by atoms with E-state index in [0.717, 1.165) is 38.3 Å². The van der Waals surface area contributed by atoms with Crippen LogP contribution in [0.25, 0.3) is 32.7 Å². The SMILES string of the molecule is CCOC(=O)c1c(N2CCN(C(=O)c3ccc(Cl)c(Cl)c3)CC2)c2ccccc2n(C)c1=O.CCOC(=O)c1c(N2CCN(C(=O)c3ccc(OC)cc3)CC2)c2ccccc2n(C)c1=O.CCOC(=O)c1c(N2CCN(C(=O)c3ccco3)CC2)c2cc(C)ccc2n(Cc2ccc(F)cc2)c1=O. The molecule has 3 aliphatic heterocycles. The zero-order chi connectivity index (χ0) is 74.0. The highest BCUT2D eigenvalue weighted by Gasteiger charge is 2.35. The molecule has 0 spiro atoms. The first-order valence-electron chi connectivity index (χ1n) is 34.1. The van der Waals surface area contributed by atoms with Gasteiger partial charge in [-0.15, -0.1) is 0 Å². The van der Waals surface area contributed by atoms with Gasteiger partial charge in [0, 0.05) is 120 Å². The van der Waals surface area contributed by atoms with Gasteiger partial charge in [-0.05, 0) is 124 Å². The molecule has 3 amide bonds. The van der Waals surface area contributed by atoms with E-state index in [4.69, 9.17) is 46.6 Å². The number of aryl methyl sites for hydroxylation is 3. The van der Waals surface area contributed by atoms with Gasteiger partial charge in [0.25, 0.3) is 34.4 Å². The quantitative estimate of drug-likeness (QED) is 0.0685. The molecule has 0 atom stereocenters. The van der Waals surface area contributed by atoms with Crippen molar-refractivity contribution >= 4 is 109 Å². The van der Waals surface area contributed by atoms with Crippen molar-refractivity contribution in [1.82, 2.24) is 28.4 Å². The van der Waals surface area contributed by atoms with E-state index in [-0.39, 0.29) is 77.9 Å². The molecule has 0 radical (unpaired) electrons. The maximum Gasteiger partial charge on any atom is 0.345 e. The normalized spacial score (nSPS) is 13.8. The molecule has 540 valence electrons. The Morgan fingerprint density at radius 3 is 1.36 bits per heavy atom. The van der Waals surface area contributed by atoms with E-state index < -0.39 is 29.0 Å². The minimum Gasteiger partial charge on any atom is -0.497 e. The molecule has 13 rings (SSSR count). The number of halogens is 3. The van der Waals surface area contributed by atoms with Gasteiger partial charge in [-0.25, -0.2) is 18.8 Å². The van der Waals surface area contributed by atoms with Gasteiger partial charge >= 0.3 is 17.9 Å². The van der Waals surface area contributed by atoms with E-state index in [0.29, 0.717) is 128 Å². The summed E-state index contributed by atoms with van der Waals surface area (Å²) < 4.78 is 44.2. The van der Waals surface area contributed by atoms with Crippen LogP contribution < -0.4 is 36.1 Å². The molecule has 0 unspecified atom stereocenters. The molecule has 26 heteroatoms. The van der Waals surface area contributed by atoms with Crippen molar-refractivity contribution in [3.63, 3.8) is 0 Å². The number of carbonyl (C=O) groups excluding carboxylic acids is 6. The molecule has 6 aromatic carbocycles. The largest absolute Gasteiger partial charge is 0.497 e. The zero-order valence-corrected chi connectivity index (χ0v) is 60.1. The molecule has 104 heavy (non-hydrogen) atoms. The number of hydrogen-bond donors (Lipinski definition) is 0. The Hall–Kier alpha value is -11.2. The van der Waals surface area contributed by atoms with Crippen molar-refractivity contribution in [2.75, 3.05) is 120 Å². The van der Waals surface area contributed by atoms with Crippen LogP contribution in [0.2, 0.25) is 10.0 Å². The number of pyridine rings is 3. The average Bonchev–Trinajstić information content (AvgIpc) is 0.915. The highest BCUT2D eigenvalue weighted by Crippen LogP contribution is 2.35. The molecule has 0 aliphatic carbocycles. The maximum absolute atomic E-state index is 13.9. The van der Waals surface area contributed by atoms with Gasteiger partial charge in [0.15, 0.2) is 5.76 Å². The monoisotopic (exact) mass is 1450 g/mol. The Morgan fingerprint density at radius 2 is 0.904 bits per heavy atom. The highest BCUT2D eigenvalue weighted by molar-refractivity contribution is 6.42. The molecule has 4 aromatic heterocycles. The lowest BCUT2D eigenvalue weighted by Crippen LogP contribution is -2.49. The Labute approximate surface area is 608 Å². The number of carbonyl (C=O) groups is 6. The molecular weight excluding hydrogens is 1380 g/mol. The summed E-state index contributed by atoms with van der Waals surface area (Å²) in [5.41, 5.74) is 5.22. The van der Waals surface area contributed by atoms with Crippen molar-refractivity contribution < 1.29 is 56.5 Å². The number of ether oxygens (including phenoxy) is 4. The molecule has 23 nitrogen and oxygen atoms in total. The summed E-state index contributed by atoms with van der Waals surface area (Å²) in [6, 6.07) is 41.8. The standard InChI is InChI=1S/C29H28FN3O5.C25H27N3O5.C24H23Cl2N3O4/c1-3-37-29(36)25-26(31-12-14-32(15-13-31)27(34)24-5-4-16-38-24)22-17-19(2)6-11-23(22)33(28(25)35)18-20-7-9-21(30)10-8-20;1-4-33-25(31)21-22(19-7-5-6-8-20(19)26(2)24(21)30)27-13-15-28(16-14-27)23(29)17-9-11-18(32-3)12-10-17;1-3-33-24(32)20-21(16-6-4-5-7-19(16)27(2)23(20)31)28-10-12-29(13-11-28)22(30)15-8-9-17(25)18(26)14-15/h4-11,16-17H,3,12-15,18H2,1-2H3;5-12H,4,13-16H2,1-3H3;4-9,14H,3,10-13H2,1-2H3. The molecule has 10 aromatic rings. The van der Waals surface area contributed by atoms with Gasteiger partial charge in [0.05, 0.1) is 83.4 Å². The van der Waals surface area contributed by atoms with Gasteiger partial charge < -0.3 is 66.5 Å². The number of nitrogens with zero attached hydrogens (tertiary/aromatic N) is 9. The van der Waals surface area contributed by atoms with E-state index in [9.17, 15) is 47.5 Å². The molecule has 3 fully saturated rings. The number of aromatic nitrogens is 3. The van der Waals surface area contributed by atoms with E-state index >= 15 is 0 Å². The minimum absolute atomic E-state index is 0.0160. The summed E-state index contributed by atoms with van der Waals surface area (Å²) in [6.45, 7) is 13.0. The third-order valence-electron chi connectivity index (χ3n) is 18.5. The van der Waals surface area contributed by atoms with Crippen LogP contribution in [0.5, 0.6) is 5.75 Å². The number of esters is 3. The number of benzene rings is 6. The Kier molecular flexibility index (Phi) is 23.3. The van der Waals surface area contributed by atoms with Crippen LogP contribution in [-0.2, 0) is 34.9 Å². The topological polar surface area (TPSA) is 238 Å². The number of para-hydroxylation sites is 2. The van der Waals surface area contributed by atoms with E-state index in [1.54, 1.807) is 123 Å². The van der Waals surface area contributed by atoms with Crippen molar-refractivity contribution in [1.29, 1.82) is 0 Å². The number of anilines is 3. The van der Waals surface area contributed by atoms with Crippen LogP contribution in [0.1, 0.15) is 94.2 Å². The number of fused-ring (bicyclic) bond motifs is 3. The molecule has 0 bridgehead atoms. The van der Waals surface area contributed by atoms with Gasteiger partial charge in [0.1, 0.15) is 28.3 Å². The number of methoxy groups -OCH3 is 1. The number of amides is 3. The van der Waals surface area contributed by atoms with Crippen LogP contribution in [0.4, 0.5) is 21.5 Å². The van der Waals surface area contributed by atoms with E-state index in [2.05, 4.69) is 0 Å². The first-order chi connectivity index (χ1) is 50.2. The Morgan fingerprint density at radius 1 is 0.462 bits per heavy atom.